The van der Waals surface area contributed by atoms with Crippen LogP contribution in [0.25, 0.3) is 0 Å². The van der Waals surface area contributed by atoms with Crippen molar-refractivity contribution in [3.8, 4) is 0 Å². The summed E-state index contributed by atoms with van der Waals surface area (Å²) in [7, 11) is 3.93. The third kappa shape index (κ3) is 2.17. The molecule has 1 N–H and O–H groups in total. The molecule has 1 aliphatic rings. The molecular formula is C11H18BrN3O. The van der Waals surface area contributed by atoms with E-state index in [-0.39, 0.29) is 12.1 Å². The van der Waals surface area contributed by atoms with Gasteiger partial charge in [-0.3, -0.25) is 4.68 Å². The molecule has 16 heavy (non-hydrogen) atoms. The number of likely N-dealkylation sites (N-methyl/N-ethyl adjacent to an activating group) is 1. The summed E-state index contributed by atoms with van der Waals surface area (Å²) in [6.45, 7) is 2.13. The van der Waals surface area contributed by atoms with Crippen molar-refractivity contribution in [2.45, 2.75) is 38.0 Å². The largest absolute Gasteiger partial charge is 0.373 e. The summed E-state index contributed by atoms with van der Waals surface area (Å²) >= 11 is 3.54. The normalized spacial score (nSPS) is 27.2. The average Bonchev–Trinajstić information content (AvgIpc) is 2.80. The maximum Gasteiger partial charge on any atom is 0.0789 e. The Morgan fingerprint density at radius 3 is 2.81 bits per heavy atom. The number of hydrogen-bond donors (Lipinski definition) is 1. The predicted octanol–water partition coefficient (Wildman–Crippen LogP) is 2.01. The van der Waals surface area contributed by atoms with E-state index in [2.05, 4.69) is 33.3 Å². The number of ether oxygens (including phenoxy) is 1. The van der Waals surface area contributed by atoms with Gasteiger partial charge in [0.05, 0.1) is 34.6 Å². The molecule has 0 radical (unpaired) electrons. The van der Waals surface area contributed by atoms with Crippen LogP contribution in [0, 0.1) is 0 Å². The van der Waals surface area contributed by atoms with Crippen LogP contribution in [-0.2, 0) is 11.8 Å². The molecule has 1 fully saturated rings. The van der Waals surface area contributed by atoms with Gasteiger partial charge in [-0.25, -0.2) is 0 Å². The van der Waals surface area contributed by atoms with Crippen molar-refractivity contribution < 1.29 is 4.74 Å². The Labute approximate surface area is 104 Å². The van der Waals surface area contributed by atoms with Gasteiger partial charge in [-0.05, 0) is 42.7 Å². The van der Waals surface area contributed by atoms with Gasteiger partial charge in [-0.15, -0.1) is 0 Å². The highest BCUT2D eigenvalue weighted by atomic mass is 79.9. The molecule has 0 aromatic carbocycles. The second kappa shape index (κ2) is 4.85. The Bertz CT molecular complexity index is 347. The molecule has 3 atom stereocenters. The predicted molar refractivity (Wildman–Crippen MR) is 66.3 cm³/mol. The second-order valence-corrected chi connectivity index (χ2v) is 5.18. The number of nitrogens with zero attached hydrogens (tertiary/aromatic N) is 2. The number of hydrogen-bond acceptors (Lipinski definition) is 3. The van der Waals surface area contributed by atoms with Crippen molar-refractivity contribution in [3.05, 3.63) is 16.4 Å². The zero-order valence-electron chi connectivity index (χ0n) is 9.90. The Kier molecular flexibility index (Phi) is 3.66. The first-order valence-corrected chi connectivity index (χ1v) is 6.43. The highest BCUT2D eigenvalue weighted by Gasteiger charge is 2.32. The van der Waals surface area contributed by atoms with Crippen LogP contribution in [-0.4, -0.2) is 29.0 Å². The van der Waals surface area contributed by atoms with Gasteiger partial charge in [0.2, 0.25) is 0 Å². The first-order chi connectivity index (χ1) is 7.63. The number of halogens is 1. The lowest BCUT2D eigenvalue weighted by molar-refractivity contribution is 0.0314. The van der Waals surface area contributed by atoms with Crippen LogP contribution in [0.3, 0.4) is 0 Å². The van der Waals surface area contributed by atoms with Crippen LogP contribution >= 0.6 is 15.9 Å². The first-order valence-electron chi connectivity index (χ1n) is 5.63. The molecule has 2 heterocycles. The van der Waals surface area contributed by atoms with Gasteiger partial charge in [-0.1, -0.05) is 0 Å². The van der Waals surface area contributed by atoms with E-state index >= 15 is 0 Å². The molecular weight excluding hydrogens is 270 g/mol. The van der Waals surface area contributed by atoms with Gasteiger partial charge in [0.25, 0.3) is 0 Å². The molecule has 90 valence electrons. The smallest absolute Gasteiger partial charge is 0.0789 e. The van der Waals surface area contributed by atoms with Crippen molar-refractivity contribution in [3.63, 3.8) is 0 Å². The van der Waals surface area contributed by atoms with E-state index in [0.29, 0.717) is 6.10 Å². The van der Waals surface area contributed by atoms with Gasteiger partial charge >= 0.3 is 0 Å². The number of aryl methyl sites for hydroxylation is 1. The van der Waals surface area contributed by atoms with E-state index in [1.807, 2.05) is 25.0 Å². The fraction of sp³-hybridized carbons (Fsp3) is 0.727. The molecule has 0 spiro atoms. The summed E-state index contributed by atoms with van der Waals surface area (Å²) in [5.74, 6) is 0. The molecule has 3 unspecified atom stereocenters. The van der Waals surface area contributed by atoms with E-state index in [9.17, 15) is 0 Å². The second-order valence-electron chi connectivity index (χ2n) is 4.33. The van der Waals surface area contributed by atoms with Gasteiger partial charge in [0, 0.05) is 7.05 Å². The summed E-state index contributed by atoms with van der Waals surface area (Å²) in [5, 5.41) is 7.58. The highest BCUT2D eigenvalue weighted by Crippen LogP contribution is 2.32. The van der Waals surface area contributed by atoms with Crippen molar-refractivity contribution in [1.29, 1.82) is 0 Å². The molecule has 1 aromatic rings. The Hall–Kier alpha value is -0.390. The number of aromatic nitrogens is 2. The minimum atomic E-state index is 0.201. The molecule has 2 rings (SSSR count). The summed E-state index contributed by atoms with van der Waals surface area (Å²) in [6, 6.07) is 0.201. The molecule has 4 nitrogen and oxygen atoms in total. The molecule has 1 aromatic heterocycles. The van der Waals surface area contributed by atoms with Gasteiger partial charge < -0.3 is 10.1 Å². The minimum Gasteiger partial charge on any atom is -0.373 e. The Morgan fingerprint density at radius 2 is 2.38 bits per heavy atom. The maximum absolute atomic E-state index is 5.92. The molecule has 0 saturated carbocycles. The lowest BCUT2D eigenvalue weighted by Gasteiger charge is -2.23. The Morgan fingerprint density at radius 1 is 1.62 bits per heavy atom. The van der Waals surface area contributed by atoms with Gasteiger partial charge in [0.15, 0.2) is 0 Å². The Balaban J connectivity index is 2.22. The van der Waals surface area contributed by atoms with Crippen molar-refractivity contribution in [2.75, 3.05) is 7.05 Å². The molecule has 1 aliphatic heterocycles. The molecule has 5 heteroatoms. The molecule has 0 aliphatic carbocycles. The van der Waals surface area contributed by atoms with Crippen LogP contribution in [0.5, 0.6) is 0 Å². The summed E-state index contributed by atoms with van der Waals surface area (Å²) in [6.07, 6.45) is 4.68. The summed E-state index contributed by atoms with van der Waals surface area (Å²) < 4.78 is 8.86. The van der Waals surface area contributed by atoms with Crippen LogP contribution in [0.1, 0.15) is 31.5 Å². The zero-order valence-corrected chi connectivity index (χ0v) is 11.5. The number of rotatable bonds is 3. The van der Waals surface area contributed by atoms with E-state index in [1.54, 1.807) is 0 Å². The van der Waals surface area contributed by atoms with Gasteiger partial charge in [0.1, 0.15) is 0 Å². The van der Waals surface area contributed by atoms with Crippen LogP contribution in [0.2, 0.25) is 0 Å². The third-order valence-electron chi connectivity index (χ3n) is 3.18. The SMILES string of the molecule is CNC(c1c(Br)cnn1C)C1CCC(C)O1. The lowest BCUT2D eigenvalue weighted by atomic mass is 10.0. The van der Waals surface area contributed by atoms with Crippen LogP contribution < -0.4 is 5.32 Å². The third-order valence-corrected chi connectivity index (χ3v) is 3.79. The quantitative estimate of drug-likeness (QED) is 0.924. The van der Waals surface area contributed by atoms with E-state index in [0.717, 1.165) is 23.0 Å². The lowest BCUT2D eigenvalue weighted by Crippen LogP contribution is -2.31. The van der Waals surface area contributed by atoms with Crippen LogP contribution in [0.15, 0.2) is 10.7 Å². The topological polar surface area (TPSA) is 39.1 Å². The molecule has 0 amide bonds. The van der Waals surface area contributed by atoms with E-state index in [1.165, 1.54) is 0 Å². The molecule has 1 saturated heterocycles. The zero-order chi connectivity index (χ0) is 11.7. The summed E-state index contributed by atoms with van der Waals surface area (Å²) in [5.41, 5.74) is 1.15. The molecule has 0 bridgehead atoms. The fourth-order valence-corrected chi connectivity index (χ4v) is 2.94. The van der Waals surface area contributed by atoms with Crippen molar-refractivity contribution >= 4 is 15.9 Å². The van der Waals surface area contributed by atoms with Crippen molar-refractivity contribution in [1.82, 2.24) is 15.1 Å². The first kappa shape index (κ1) is 12.1. The van der Waals surface area contributed by atoms with E-state index in [4.69, 9.17) is 4.74 Å². The maximum atomic E-state index is 5.92. The monoisotopic (exact) mass is 287 g/mol. The van der Waals surface area contributed by atoms with E-state index < -0.39 is 0 Å². The minimum absolute atomic E-state index is 0.201. The number of nitrogens with one attached hydrogen (secondary N) is 1. The summed E-state index contributed by atoms with van der Waals surface area (Å²) in [4.78, 5) is 0. The van der Waals surface area contributed by atoms with Crippen molar-refractivity contribution in [2.24, 2.45) is 7.05 Å². The van der Waals surface area contributed by atoms with Crippen LogP contribution in [0.4, 0.5) is 0 Å². The highest BCUT2D eigenvalue weighted by molar-refractivity contribution is 9.10. The average molecular weight is 288 g/mol. The standard InChI is InChI=1S/C11H18BrN3O/c1-7-4-5-9(16-7)10(13-2)11-8(12)6-14-15(11)3/h6-7,9-10,13H,4-5H2,1-3H3. The van der Waals surface area contributed by atoms with Gasteiger partial charge in [-0.2, -0.15) is 5.10 Å². The fourth-order valence-electron chi connectivity index (χ4n) is 2.35.